The molecule has 1 heterocycles. The first-order valence-electron chi connectivity index (χ1n) is 18.6. The molecule has 3 N–H and O–H groups in total. The van der Waals surface area contributed by atoms with Gasteiger partial charge in [-0.2, -0.15) is 0 Å². The van der Waals surface area contributed by atoms with Crippen molar-refractivity contribution < 1.29 is 14.7 Å². The standard InChI is InChI=1S/C29H39N3O2.C16H17NO/c1-5-12-21(3)30-22(4)29(34,20-23(6-2)19-24-13-8-7-9-14-24)32-28(33)27-18-17-25-15-10-11-16-26(25)31-27;1-17(2)16(18)15(13-9-5-3-6-10-13)14-11-7-4-8-12-14/h7-11,13-18,21-23,30,34H,5-6,12,19-20H2,1-4H3,(H,32,33);3-12,15H,1-2H3. The van der Waals surface area contributed by atoms with Crippen molar-refractivity contribution in [3.8, 4) is 0 Å². The van der Waals surface area contributed by atoms with Gasteiger partial charge in [0.1, 0.15) is 5.69 Å². The Bertz CT molecular complexity index is 1780. The van der Waals surface area contributed by atoms with Crippen LogP contribution in [0, 0.1) is 5.92 Å². The second-order valence-corrected chi connectivity index (χ2v) is 14.0. The van der Waals surface area contributed by atoms with Gasteiger partial charge in [0.05, 0.1) is 17.5 Å². The third kappa shape index (κ3) is 11.3. The summed E-state index contributed by atoms with van der Waals surface area (Å²) in [4.78, 5) is 31.8. The Kier molecular flexibility index (Phi) is 15.1. The maximum Gasteiger partial charge on any atom is 0.272 e. The van der Waals surface area contributed by atoms with Crippen LogP contribution in [-0.4, -0.2) is 58.7 Å². The normalized spacial score (nSPS) is 14.0. The molecule has 4 atom stereocenters. The Morgan fingerprint density at radius 3 is 1.88 bits per heavy atom. The molecule has 0 radical (unpaired) electrons. The van der Waals surface area contributed by atoms with Gasteiger partial charge in [0.25, 0.3) is 5.91 Å². The number of aliphatic hydroxyl groups is 1. The molecular weight excluding hydrogens is 645 g/mol. The fourth-order valence-electron chi connectivity index (χ4n) is 6.65. The van der Waals surface area contributed by atoms with Crippen molar-refractivity contribution in [1.29, 1.82) is 0 Å². The van der Waals surface area contributed by atoms with E-state index in [1.165, 1.54) is 5.56 Å². The van der Waals surface area contributed by atoms with Gasteiger partial charge in [-0.3, -0.25) is 9.59 Å². The van der Waals surface area contributed by atoms with Crippen molar-refractivity contribution in [2.45, 2.75) is 83.5 Å². The number of benzene rings is 4. The highest BCUT2D eigenvalue weighted by Crippen LogP contribution is 2.27. The van der Waals surface area contributed by atoms with E-state index >= 15 is 0 Å². The summed E-state index contributed by atoms with van der Waals surface area (Å²) in [6, 6.07) is 41.3. The van der Waals surface area contributed by atoms with E-state index in [9.17, 15) is 14.7 Å². The molecule has 52 heavy (non-hydrogen) atoms. The smallest absolute Gasteiger partial charge is 0.272 e. The van der Waals surface area contributed by atoms with E-state index in [2.05, 4.69) is 48.5 Å². The lowest BCUT2D eigenvalue weighted by Crippen LogP contribution is -2.62. The number of rotatable bonds is 15. The van der Waals surface area contributed by atoms with E-state index in [-0.39, 0.29) is 35.7 Å². The topological polar surface area (TPSA) is 94.6 Å². The molecule has 274 valence electrons. The maximum atomic E-state index is 13.3. The largest absolute Gasteiger partial charge is 0.369 e. The number of carbonyl (C=O) groups excluding carboxylic acids is 2. The van der Waals surface area contributed by atoms with E-state index in [4.69, 9.17) is 0 Å². The number of likely N-dealkylation sites (N-methyl/N-ethyl adjacent to an activating group) is 1. The van der Waals surface area contributed by atoms with Gasteiger partial charge in [-0.15, -0.1) is 0 Å². The lowest BCUT2D eigenvalue weighted by atomic mass is 9.85. The van der Waals surface area contributed by atoms with Crippen LogP contribution in [0.3, 0.4) is 0 Å². The minimum atomic E-state index is -1.41. The van der Waals surface area contributed by atoms with Crippen LogP contribution < -0.4 is 10.6 Å². The molecule has 0 spiro atoms. The SMILES string of the molecule is CCCC(C)NC(C)C(O)(CC(CC)Cc1ccccc1)NC(=O)c1ccc2ccccc2n1.CN(C)C(=O)C(c1ccccc1)c1ccccc1. The van der Waals surface area contributed by atoms with E-state index < -0.39 is 5.72 Å². The maximum absolute atomic E-state index is 13.3. The van der Waals surface area contributed by atoms with Crippen LogP contribution in [0.2, 0.25) is 0 Å². The molecule has 0 aliphatic carbocycles. The lowest BCUT2D eigenvalue weighted by molar-refractivity contribution is -0.129. The number of para-hydroxylation sites is 1. The molecular formula is C45H56N4O3. The van der Waals surface area contributed by atoms with Crippen molar-refractivity contribution in [3.05, 3.63) is 150 Å². The van der Waals surface area contributed by atoms with Crippen molar-refractivity contribution in [3.63, 3.8) is 0 Å². The van der Waals surface area contributed by atoms with Crippen LogP contribution in [-0.2, 0) is 11.2 Å². The summed E-state index contributed by atoms with van der Waals surface area (Å²) < 4.78 is 0. The lowest BCUT2D eigenvalue weighted by Gasteiger charge is -2.39. The summed E-state index contributed by atoms with van der Waals surface area (Å²) in [5.41, 5.74) is 2.95. The molecule has 5 aromatic rings. The first kappa shape index (κ1) is 39.9. The molecule has 1 aromatic heterocycles. The summed E-state index contributed by atoms with van der Waals surface area (Å²) in [5.74, 6) is -0.266. The second-order valence-electron chi connectivity index (χ2n) is 14.0. The molecule has 0 saturated carbocycles. The highest BCUT2D eigenvalue weighted by molar-refractivity contribution is 5.95. The molecule has 0 aliphatic heterocycles. The minimum absolute atomic E-state index is 0.104. The molecule has 0 saturated heterocycles. The zero-order chi connectivity index (χ0) is 37.5. The van der Waals surface area contributed by atoms with Crippen molar-refractivity contribution in [1.82, 2.24) is 20.5 Å². The fourth-order valence-corrected chi connectivity index (χ4v) is 6.65. The molecule has 5 rings (SSSR count). The number of aromatic nitrogens is 1. The summed E-state index contributed by atoms with van der Waals surface area (Å²) in [6.07, 6.45) is 4.25. The van der Waals surface area contributed by atoms with Gasteiger partial charge in [-0.25, -0.2) is 4.98 Å². The van der Waals surface area contributed by atoms with E-state index in [0.717, 1.165) is 47.7 Å². The van der Waals surface area contributed by atoms with Crippen LogP contribution in [0.1, 0.15) is 86.5 Å². The second kappa shape index (κ2) is 19.7. The quantitative estimate of drug-likeness (QED) is 0.0955. The van der Waals surface area contributed by atoms with E-state index in [0.29, 0.717) is 12.1 Å². The molecule has 0 fully saturated rings. The zero-order valence-corrected chi connectivity index (χ0v) is 31.6. The van der Waals surface area contributed by atoms with Gasteiger partial charge in [0.2, 0.25) is 5.91 Å². The number of carbonyl (C=O) groups is 2. The van der Waals surface area contributed by atoms with Gasteiger partial charge >= 0.3 is 0 Å². The zero-order valence-electron chi connectivity index (χ0n) is 31.6. The molecule has 2 amide bonds. The van der Waals surface area contributed by atoms with Crippen LogP contribution in [0.25, 0.3) is 10.9 Å². The first-order chi connectivity index (χ1) is 25.0. The fraction of sp³-hybridized carbons (Fsp3) is 0.356. The highest BCUT2D eigenvalue weighted by atomic mass is 16.3. The number of hydrogen-bond donors (Lipinski definition) is 3. The summed E-state index contributed by atoms with van der Waals surface area (Å²) >= 11 is 0. The Hall–Kier alpha value is -4.85. The van der Waals surface area contributed by atoms with Crippen molar-refractivity contribution >= 4 is 22.7 Å². The first-order valence-corrected chi connectivity index (χ1v) is 18.6. The molecule has 0 aliphatic rings. The predicted molar refractivity (Wildman–Crippen MR) is 213 cm³/mol. The molecule has 7 heteroatoms. The molecule has 7 nitrogen and oxygen atoms in total. The number of amides is 2. The monoisotopic (exact) mass is 700 g/mol. The number of nitrogens with zero attached hydrogens (tertiary/aromatic N) is 2. The van der Waals surface area contributed by atoms with Crippen LogP contribution in [0.5, 0.6) is 0 Å². The van der Waals surface area contributed by atoms with Crippen molar-refractivity contribution in [2.24, 2.45) is 5.92 Å². The number of fused-ring (bicyclic) bond motifs is 1. The Morgan fingerprint density at radius 1 is 0.769 bits per heavy atom. The number of nitrogens with one attached hydrogen (secondary N) is 2. The highest BCUT2D eigenvalue weighted by Gasteiger charge is 2.38. The third-order valence-corrected chi connectivity index (χ3v) is 9.63. The average molecular weight is 701 g/mol. The number of hydrogen-bond acceptors (Lipinski definition) is 5. The summed E-state index contributed by atoms with van der Waals surface area (Å²) in [6.45, 7) is 8.36. The third-order valence-electron chi connectivity index (χ3n) is 9.63. The molecule has 4 aromatic carbocycles. The van der Waals surface area contributed by atoms with Crippen LogP contribution in [0.15, 0.2) is 127 Å². The summed E-state index contributed by atoms with van der Waals surface area (Å²) in [7, 11) is 3.59. The van der Waals surface area contributed by atoms with E-state index in [1.54, 1.807) is 25.1 Å². The molecule has 0 bridgehead atoms. The van der Waals surface area contributed by atoms with Gasteiger partial charge in [0.15, 0.2) is 5.72 Å². The van der Waals surface area contributed by atoms with E-state index in [1.807, 2.05) is 116 Å². The number of pyridine rings is 1. The van der Waals surface area contributed by atoms with Gasteiger partial charge in [-0.1, -0.05) is 142 Å². The Labute approximate surface area is 310 Å². The Balaban J connectivity index is 0.000000281. The van der Waals surface area contributed by atoms with Gasteiger partial charge < -0.3 is 20.6 Å². The predicted octanol–water partition coefficient (Wildman–Crippen LogP) is 8.39. The molecule has 4 unspecified atom stereocenters. The van der Waals surface area contributed by atoms with Crippen LogP contribution >= 0.6 is 0 Å². The van der Waals surface area contributed by atoms with Gasteiger partial charge in [-0.05, 0) is 67.9 Å². The van der Waals surface area contributed by atoms with Crippen molar-refractivity contribution in [2.75, 3.05) is 14.1 Å². The van der Waals surface area contributed by atoms with Gasteiger partial charge in [0, 0.05) is 25.5 Å². The van der Waals surface area contributed by atoms with Crippen LogP contribution in [0.4, 0.5) is 0 Å². The Morgan fingerprint density at radius 2 is 1.33 bits per heavy atom. The minimum Gasteiger partial charge on any atom is -0.369 e. The summed E-state index contributed by atoms with van der Waals surface area (Å²) in [5, 5.41) is 19.4. The average Bonchev–Trinajstić information content (AvgIpc) is 3.16.